The molecule has 146 valence electrons. The van der Waals surface area contributed by atoms with Gasteiger partial charge in [0.05, 0.1) is 17.8 Å². The van der Waals surface area contributed by atoms with Gasteiger partial charge in [-0.3, -0.25) is 15.1 Å². The van der Waals surface area contributed by atoms with E-state index in [-0.39, 0.29) is 0 Å². The maximum atomic E-state index is 4.50. The zero-order valence-electron chi connectivity index (χ0n) is 16.5. The lowest BCUT2D eigenvalue weighted by Crippen LogP contribution is -2.30. The van der Waals surface area contributed by atoms with Gasteiger partial charge < -0.3 is 9.80 Å². The Morgan fingerprint density at radius 1 is 0.900 bits per heavy atom. The van der Waals surface area contributed by atoms with E-state index in [0.29, 0.717) is 0 Å². The fourth-order valence-corrected chi connectivity index (χ4v) is 4.84. The highest BCUT2D eigenvalue weighted by molar-refractivity contribution is 5.85. The average Bonchev–Trinajstić information content (AvgIpc) is 3.52. The zero-order chi connectivity index (χ0) is 20.1. The third-order valence-electron chi connectivity index (χ3n) is 6.13. The molecule has 0 fully saturated rings. The van der Waals surface area contributed by atoms with Crippen LogP contribution in [0.3, 0.4) is 0 Å². The molecule has 0 radical (unpaired) electrons. The Kier molecular flexibility index (Phi) is 3.56. The third-order valence-corrected chi connectivity index (χ3v) is 6.13. The van der Waals surface area contributed by atoms with E-state index in [1.807, 2.05) is 31.0 Å². The first-order valence-electron chi connectivity index (χ1n) is 9.93. The summed E-state index contributed by atoms with van der Waals surface area (Å²) in [6, 6.07) is 15.0. The lowest BCUT2D eigenvalue weighted by molar-refractivity contribution is 0.495. The molecule has 0 saturated heterocycles. The van der Waals surface area contributed by atoms with Gasteiger partial charge in [0.15, 0.2) is 0 Å². The van der Waals surface area contributed by atoms with Crippen molar-refractivity contribution in [3.8, 4) is 11.1 Å². The van der Waals surface area contributed by atoms with Crippen molar-refractivity contribution in [3.05, 3.63) is 108 Å². The molecular formula is C24H20N6. The number of rotatable bonds is 3. The van der Waals surface area contributed by atoms with Crippen molar-refractivity contribution < 1.29 is 0 Å². The summed E-state index contributed by atoms with van der Waals surface area (Å²) in [4.78, 5) is 13.4. The molecule has 4 heterocycles. The second-order valence-electron chi connectivity index (χ2n) is 7.78. The summed E-state index contributed by atoms with van der Waals surface area (Å²) in [5.74, 6) is 0. The second-order valence-corrected chi connectivity index (χ2v) is 7.78. The van der Waals surface area contributed by atoms with Crippen LogP contribution in [0.4, 0.5) is 5.69 Å². The molecule has 1 aliphatic heterocycles. The van der Waals surface area contributed by atoms with Gasteiger partial charge in [-0.25, -0.2) is 0 Å². The number of pyridine rings is 2. The number of aromatic amines is 1. The number of nitrogens with zero attached hydrogens (tertiary/aromatic N) is 5. The molecule has 2 aliphatic rings. The van der Waals surface area contributed by atoms with Crippen molar-refractivity contribution >= 4 is 5.69 Å². The largest absolute Gasteiger partial charge is 0.361 e. The smallest absolute Gasteiger partial charge is 0.0938 e. The average molecular weight is 392 g/mol. The summed E-state index contributed by atoms with van der Waals surface area (Å²) in [7, 11) is 2.08. The van der Waals surface area contributed by atoms with Gasteiger partial charge in [-0.1, -0.05) is 12.1 Å². The normalized spacial score (nSPS) is 16.0. The van der Waals surface area contributed by atoms with Gasteiger partial charge in [-0.05, 0) is 58.1 Å². The van der Waals surface area contributed by atoms with Crippen LogP contribution >= 0.6 is 0 Å². The second kappa shape index (κ2) is 6.29. The van der Waals surface area contributed by atoms with E-state index in [9.17, 15) is 0 Å². The van der Waals surface area contributed by atoms with Crippen LogP contribution in [0.2, 0.25) is 0 Å². The number of H-pyrrole nitrogens is 1. The van der Waals surface area contributed by atoms with Crippen LogP contribution in [0, 0.1) is 0 Å². The molecule has 1 aromatic carbocycles. The number of anilines is 1. The topological polar surface area (TPSA) is 60.9 Å². The third kappa shape index (κ3) is 2.21. The SMILES string of the molecule is CN1C=CN(c2cccc(C3(c4ccn[nH]4)c4cnccc4-c4ccncc43)c2)C1. The quantitative estimate of drug-likeness (QED) is 0.507. The summed E-state index contributed by atoms with van der Waals surface area (Å²) < 4.78 is 0. The first kappa shape index (κ1) is 17.0. The van der Waals surface area contributed by atoms with Crippen LogP contribution in [0.5, 0.6) is 0 Å². The first-order chi connectivity index (χ1) is 14.8. The fraction of sp³-hybridized carbons (Fsp3) is 0.125. The predicted octanol–water partition coefficient (Wildman–Crippen LogP) is 3.74. The van der Waals surface area contributed by atoms with Crippen LogP contribution in [0.25, 0.3) is 11.1 Å². The molecule has 0 bridgehead atoms. The number of aromatic nitrogens is 4. The molecule has 1 N–H and O–H groups in total. The van der Waals surface area contributed by atoms with Crippen molar-refractivity contribution in [3.63, 3.8) is 0 Å². The van der Waals surface area contributed by atoms with E-state index in [4.69, 9.17) is 0 Å². The molecule has 6 heteroatoms. The molecule has 4 aromatic rings. The van der Waals surface area contributed by atoms with Crippen LogP contribution < -0.4 is 4.90 Å². The van der Waals surface area contributed by atoms with Crippen molar-refractivity contribution in [1.82, 2.24) is 25.1 Å². The Hall–Kier alpha value is -3.93. The zero-order valence-corrected chi connectivity index (χ0v) is 16.5. The first-order valence-corrected chi connectivity index (χ1v) is 9.93. The monoisotopic (exact) mass is 392 g/mol. The van der Waals surface area contributed by atoms with Crippen LogP contribution in [-0.2, 0) is 5.41 Å². The number of fused-ring (bicyclic) bond motifs is 3. The van der Waals surface area contributed by atoms with E-state index in [1.54, 1.807) is 0 Å². The highest BCUT2D eigenvalue weighted by Crippen LogP contribution is 2.55. The van der Waals surface area contributed by atoms with Gasteiger partial charge in [0.25, 0.3) is 0 Å². The van der Waals surface area contributed by atoms with Crippen LogP contribution in [0.1, 0.15) is 22.4 Å². The van der Waals surface area contributed by atoms with E-state index in [1.165, 1.54) is 11.1 Å². The van der Waals surface area contributed by atoms with Crippen molar-refractivity contribution in [1.29, 1.82) is 0 Å². The molecule has 0 unspecified atom stereocenters. The van der Waals surface area contributed by atoms with Gasteiger partial charge in [0, 0.05) is 56.1 Å². The number of hydrogen-bond donors (Lipinski definition) is 1. The van der Waals surface area contributed by atoms with Gasteiger partial charge in [-0.15, -0.1) is 0 Å². The Balaban J connectivity index is 1.66. The van der Waals surface area contributed by atoms with E-state index >= 15 is 0 Å². The number of hydrogen-bond acceptors (Lipinski definition) is 5. The molecule has 0 saturated carbocycles. The molecule has 0 amide bonds. The minimum absolute atomic E-state index is 0.547. The summed E-state index contributed by atoms with van der Waals surface area (Å²) >= 11 is 0. The number of benzene rings is 1. The summed E-state index contributed by atoms with van der Waals surface area (Å²) in [5, 5.41) is 7.55. The highest BCUT2D eigenvalue weighted by atomic mass is 15.3. The van der Waals surface area contributed by atoms with Gasteiger partial charge in [0.2, 0.25) is 0 Å². The molecule has 0 atom stereocenters. The minimum atomic E-state index is -0.547. The minimum Gasteiger partial charge on any atom is -0.361 e. The molecule has 0 spiro atoms. The Labute approximate surface area is 174 Å². The summed E-state index contributed by atoms with van der Waals surface area (Å²) in [5.41, 5.74) is 7.42. The highest BCUT2D eigenvalue weighted by Gasteiger charge is 2.47. The Bertz CT molecular complexity index is 1210. The molecule has 30 heavy (non-hydrogen) atoms. The van der Waals surface area contributed by atoms with Gasteiger partial charge in [-0.2, -0.15) is 5.10 Å². The lowest BCUT2D eigenvalue weighted by atomic mass is 9.71. The predicted molar refractivity (Wildman–Crippen MR) is 116 cm³/mol. The molecule has 6 nitrogen and oxygen atoms in total. The lowest BCUT2D eigenvalue weighted by Gasteiger charge is -2.32. The Morgan fingerprint density at radius 3 is 2.30 bits per heavy atom. The van der Waals surface area contributed by atoms with Crippen molar-refractivity contribution in [2.24, 2.45) is 0 Å². The number of nitrogens with one attached hydrogen (secondary N) is 1. The van der Waals surface area contributed by atoms with E-state index in [0.717, 1.165) is 34.7 Å². The van der Waals surface area contributed by atoms with Gasteiger partial charge in [0.1, 0.15) is 0 Å². The van der Waals surface area contributed by atoms with Crippen LogP contribution in [-0.4, -0.2) is 38.8 Å². The molecule has 1 aliphatic carbocycles. The van der Waals surface area contributed by atoms with Gasteiger partial charge >= 0.3 is 0 Å². The van der Waals surface area contributed by atoms with E-state index < -0.39 is 5.41 Å². The van der Waals surface area contributed by atoms with Crippen molar-refractivity contribution in [2.75, 3.05) is 18.6 Å². The molecule has 6 rings (SSSR count). The molecular weight excluding hydrogens is 372 g/mol. The fourth-order valence-electron chi connectivity index (χ4n) is 4.84. The van der Waals surface area contributed by atoms with Crippen molar-refractivity contribution in [2.45, 2.75) is 5.41 Å². The van der Waals surface area contributed by atoms with Crippen LogP contribution in [0.15, 0.2) is 85.8 Å². The summed E-state index contributed by atoms with van der Waals surface area (Å²) in [6.45, 7) is 0.830. The summed E-state index contributed by atoms with van der Waals surface area (Å²) in [6.07, 6.45) is 13.7. The maximum Gasteiger partial charge on any atom is 0.0938 e. The van der Waals surface area contributed by atoms with E-state index in [2.05, 4.69) is 91.9 Å². The maximum absolute atomic E-state index is 4.50. The molecule has 3 aromatic heterocycles. The standard InChI is InChI=1S/C24H20N6/c1-29-11-12-30(16-29)18-4-2-3-17(13-18)24(23-7-10-27-28-23)21-14-25-8-5-19(21)20-6-9-26-15-22(20)24/h2-15H,16H2,1H3,(H,27,28). The Morgan fingerprint density at radius 2 is 1.67 bits per heavy atom.